The molecule has 2 heteroatoms. The van der Waals surface area contributed by atoms with E-state index in [-0.39, 0.29) is 0 Å². The molecule has 0 spiro atoms. The van der Waals surface area contributed by atoms with Crippen LogP contribution in [0.5, 0.6) is 0 Å². The van der Waals surface area contributed by atoms with Gasteiger partial charge in [0.2, 0.25) is 0 Å². The van der Waals surface area contributed by atoms with E-state index in [2.05, 4.69) is 51.9 Å². The smallest absolute Gasteiger partial charge is 0.00443 e. The van der Waals surface area contributed by atoms with Crippen molar-refractivity contribution in [2.75, 3.05) is 26.7 Å². The summed E-state index contributed by atoms with van der Waals surface area (Å²) in [5.74, 6) is 0. The minimum Gasteiger partial charge on any atom is -0.314 e. The zero-order chi connectivity index (χ0) is 11.9. The molecule has 0 fully saturated rings. The van der Waals surface area contributed by atoms with Crippen LogP contribution in [0.3, 0.4) is 0 Å². The van der Waals surface area contributed by atoms with E-state index in [4.69, 9.17) is 0 Å². The van der Waals surface area contributed by atoms with Crippen LogP contribution in [0.2, 0.25) is 0 Å². The molecule has 0 aromatic heterocycles. The highest BCUT2D eigenvalue weighted by Gasteiger charge is 2.23. The molecule has 0 radical (unpaired) electrons. The highest BCUT2D eigenvalue weighted by atomic mass is 15.1. The third-order valence-electron chi connectivity index (χ3n) is 3.05. The topological polar surface area (TPSA) is 15.3 Å². The van der Waals surface area contributed by atoms with E-state index in [0.29, 0.717) is 11.5 Å². The molecule has 0 saturated carbocycles. The van der Waals surface area contributed by atoms with Crippen molar-refractivity contribution in [3.8, 4) is 0 Å². The number of rotatable bonds is 8. The molecule has 0 aliphatic rings. The van der Waals surface area contributed by atoms with Crippen molar-refractivity contribution in [2.45, 2.75) is 53.5 Å². The lowest BCUT2D eigenvalue weighted by Gasteiger charge is -2.34. The predicted molar refractivity (Wildman–Crippen MR) is 69.3 cm³/mol. The van der Waals surface area contributed by atoms with Gasteiger partial charge in [0, 0.05) is 19.1 Å². The van der Waals surface area contributed by atoms with Crippen LogP contribution in [-0.2, 0) is 0 Å². The van der Waals surface area contributed by atoms with E-state index >= 15 is 0 Å². The molecule has 0 bridgehead atoms. The predicted octanol–water partition coefficient (Wildman–Crippen LogP) is 2.74. The van der Waals surface area contributed by atoms with Gasteiger partial charge < -0.3 is 10.2 Å². The summed E-state index contributed by atoms with van der Waals surface area (Å²) in [5, 5.41) is 3.56. The molecule has 1 atom stereocenters. The fraction of sp³-hybridized carbons (Fsp3) is 1.00. The Morgan fingerprint density at radius 3 is 2.27 bits per heavy atom. The number of hydrogen-bond acceptors (Lipinski definition) is 2. The van der Waals surface area contributed by atoms with Crippen molar-refractivity contribution < 1.29 is 0 Å². The molecule has 0 aromatic rings. The Hall–Kier alpha value is -0.0800. The summed E-state index contributed by atoms with van der Waals surface area (Å²) >= 11 is 0. The Bertz CT molecular complexity index is 157. The van der Waals surface area contributed by atoms with E-state index in [1.165, 1.54) is 25.9 Å². The van der Waals surface area contributed by atoms with Gasteiger partial charge in [0.05, 0.1) is 0 Å². The average molecular weight is 214 g/mol. The van der Waals surface area contributed by atoms with E-state index in [0.717, 1.165) is 6.54 Å². The summed E-state index contributed by atoms with van der Waals surface area (Å²) in [5.41, 5.74) is 0.411. The normalized spacial score (nSPS) is 16.0. The van der Waals surface area contributed by atoms with Gasteiger partial charge in [0.25, 0.3) is 0 Å². The first kappa shape index (κ1) is 14.9. The lowest BCUT2D eigenvalue weighted by atomic mass is 9.86. The van der Waals surface area contributed by atoms with Gasteiger partial charge in [-0.05, 0) is 31.8 Å². The number of nitrogens with one attached hydrogen (secondary N) is 1. The number of nitrogens with zero attached hydrogens (tertiary/aromatic N) is 1. The Labute approximate surface area is 96.4 Å². The van der Waals surface area contributed by atoms with Crippen LogP contribution in [-0.4, -0.2) is 37.6 Å². The van der Waals surface area contributed by atoms with Gasteiger partial charge in [-0.15, -0.1) is 0 Å². The second-order valence-corrected chi connectivity index (χ2v) is 5.44. The van der Waals surface area contributed by atoms with Crippen molar-refractivity contribution >= 4 is 0 Å². The fourth-order valence-electron chi connectivity index (χ4n) is 1.86. The van der Waals surface area contributed by atoms with Crippen LogP contribution >= 0.6 is 0 Å². The van der Waals surface area contributed by atoms with Crippen LogP contribution < -0.4 is 5.32 Å². The highest BCUT2D eigenvalue weighted by Crippen LogP contribution is 2.21. The molecular formula is C13H30N2. The summed E-state index contributed by atoms with van der Waals surface area (Å²) in [6.45, 7) is 14.9. The molecule has 92 valence electrons. The maximum absolute atomic E-state index is 3.56. The van der Waals surface area contributed by atoms with Gasteiger partial charge in [0.15, 0.2) is 0 Å². The molecule has 1 unspecified atom stereocenters. The molecule has 2 nitrogen and oxygen atoms in total. The lowest BCUT2D eigenvalue weighted by molar-refractivity contribution is 0.177. The van der Waals surface area contributed by atoms with Crippen molar-refractivity contribution in [1.82, 2.24) is 10.2 Å². The second-order valence-electron chi connectivity index (χ2n) is 5.44. The Balaban J connectivity index is 4.05. The first-order chi connectivity index (χ1) is 6.93. The Morgan fingerprint density at radius 2 is 1.87 bits per heavy atom. The summed E-state index contributed by atoms with van der Waals surface area (Å²) in [6.07, 6.45) is 2.48. The molecule has 0 aromatic carbocycles. The van der Waals surface area contributed by atoms with Gasteiger partial charge in [-0.2, -0.15) is 0 Å². The molecule has 1 N–H and O–H groups in total. The van der Waals surface area contributed by atoms with E-state index in [9.17, 15) is 0 Å². The van der Waals surface area contributed by atoms with Crippen molar-refractivity contribution in [3.05, 3.63) is 0 Å². The van der Waals surface area contributed by atoms with Gasteiger partial charge in [-0.3, -0.25) is 0 Å². The summed E-state index contributed by atoms with van der Waals surface area (Å²) in [4.78, 5) is 2.45. The van der Waals surface area contributed by atoms with Crippen molar-refractivity contribution in [1.29, 1.82) is 0 Å². The average Bonchev–Trinajstić information content (AvgIpc) is 2.15. The molecule has 0 rings (SSSR count). The molecule has 15 heavy (non-hydrogen) atoms. The van der Waals surface area contributed by atoms with Gasteiger partial charge in [-0.25, -0.2) is 0 Å². The summed E-state index contributed by atoms with van der Waals surface area (Å²) in [6, 6.07) is 0.590. The van der Waals surface area contributed by atoms with Crippen LogP contribution in [0.15, 0.2) is 0 Å². The fourth-order valence-corrected chi connectivity index (χ4v) is 1.86. The number of hydrogen-bond donors (Lipinski definition) is 1. The zero-order valence-corrected chi connectivity index (χ0v) is 11.6. The highest BCUT2D eigenvalue weighted by molar-refractivity contribution is 4.79. The van der Waals surface area contributed by atoms with Gasteiger partial charge in [0.1, 0.15) is 0 Å². The monoisotopic (exact) mass is 214 g/mol. The van der Waals surface area contributed by atoms with Crippen LogP contribution in [0.25, 0.3) is 0 Å². The first-order valence-electron chi connectivity index (χ1n) is 6.35. The second kappa shape index (κ2) is 7.24. The molecule has 0 aliphatic heterocycles. The van der Waals surface area contributed by atoms with E-state index < -0.39 is 0 Å². The van der Waals surface area contributed by atoms with E-state index in [1.807, 2.05) is 0 Å². The first-order valence-corrected chi connectivity index (χ1v) is 6.35. The molecule has 0 heterocycles. The molecular weight excluding hydrogens is 184 g/mol. The van der Waals surface area contributed by atoms with E-state index in [1.54, 1.807) is 0 Å². The molecule has 0 aliphatic carbocycles. The quantitative estimate of drug-likeness (QED) is 0.668. The van der Waals surface area contributed by atoms with Crippen LogP contribution in [0, 0.1) is 5.41 Å². The maximum Gasteiger partial charge on any atom is 0.00443 e. The third-order valence-corrected chi connectivity index (χ3v) is 3.05. The molecule has 0 amide bonds. The minimum atomic E-state index is 0.411. The SMILES string of the molecule is CCCN(C)CC(C)(CC)CNC(C)C. The Morgan fingerprint density at radius 1 is 1.27 bits per heavy atom. The van der Waals surface area contributed by atoms with Crippen molar-refractivity contribution in [2.24, 2.45) is 5.41 Å². The minimum absolute atomic E-state index is 0.411. The lowest BCUT2D eigenvalue weighted by Crippen LogP contribution is -2.42. The molecule has 0 saturated heterocycles. The van der Waals surface area contributed by atoms with Gasteiger partial charge >= 0.3 is 0 Å². The zero-order valence-electron chi connectivity index (χ0n) is 11.6. The van der Waals surface area contributed by atoms with Crippen LogP contribution in [0.4, 0.5) is 0 Å². The summed E-state index contributed by atoms with van der Waals surface area (Å²) in [7, 11) is 2.23. The standard InChI is InChI=1S/C13H30N2/c1-7-9-15(6)11-13(5,8-2)10-14-12(3)4/h12,14H,7-11H2,1-6H3. The third kappa shape index (κ3) is 6.91. The Kier molecular flexibility index (Phi) is 7.20. The summed E-state index contributed by atoms with van der Waals surface area (Å²) < 4.78 is 0. The largest absolute Gasteiger partial charge is 0.314 e. The van der Waals surface area contributed by atoms with Crippen LogP contribution in [0.1, 0.15) is 47.5 Å². The van der Waals surface area contributed by atoms with Crippen molar-refractivity contribution in [3.63, 3.8) is 0 Å². The maximum atomic E-state index is 3.56. The van der Waals surface area contributed by atoms with Gasteiger partial charge in [-0.1, -0.05) is 34.6 Å².